The molecule has 174 valence electrons. The van der Waals surface area contributed by atoms with Gasteiger partial charge in [-0.25, -0.2) is 13.2 Å². The van der Waals surface area contributed by atoms with Gasteiger partial charge < -0.3 is 14.8 Å². The van der Waals surface area contributed by atoms with Gasteiger partial charge in [-0.2, -0.15) is 4.31 Å². The summed E-state index contributed by atoms with van der Waals surface area (Å²) in [5.74, 6) is -0.922. The van der Waals surface area contributed by atoms with Crippen molar-refractivity contribution in [1.29, 1.82) is 0 Å². The second-order valence-electron chi connectivity index (χ2n) is 7.77. The van der Waals surface area contributed by atoms with Gasteiger partial charge in [-0.05, 0) is 64.4 Å². The maximum atomic E-state index is 13.0. The Morgan fingerprint density at radius 2 is 1.75 bits per heavy atom. The minimum absolute atomic E-state index is 0.116. The molecule has 0 unspecified atom stereocenters. The normalized spacial score (nSPS) is 19.5. The van der Waals surface area contributed by atoms with Crippen molar-refractivity contribution >= 4 is 38.2 Å². The van der Waals surface area contributed by atoms with Crippen molar-refractivity contribution in [2.45, 2.75) is 51.7 Å². The van der Waals surface area contributed by atoms with E-state index in [1.807, 2.05) is 20.8 Å². The molecular weight excluding hydrogens is 452 g/mol. The monoisotopic (exact) mass is 480 g/mol. The highest BCUT2D eigenvalue weighted by atomic mass is 32.2. The maximum Gasteiger partial charge on any atom is 0.341 e. The zero-order chi connectivity index (χ0) is 23.6. The quantitative estimate of drug-likeness (QED) is 0.634. The molecule has 0 spiro atoms. The van der Waals surface area contributed by atoms with Crippen LogP contribution in [0.1, 0.15) is 51.9 Å². The Bertz CT molecular complexity index is 1100. The van der Waals surface area contributed by atoms with E-state index in [0.29, 0.717) is 10.6 Å². The number of morpholine rings is 1. The first-order valence-electron chi connectivity index (χ1n) is 10.4. The largest absolute Gasteiger partial charge is 0.462 e. The van der Waals surface area contributed by atoms with Crippen LogP contribution in [0.2, 0.25) is 0 Å². The number of esters is 1. The molecule has 1 aromatic carbocycles. The molecule has 0 saturated carbocycles. The summed E-state index contributed by atoms with van der Waals surface area (Å²) in [5, 5.41) is 3.18. The summed E-state index contributed by atoms with van der Waals surface area (Å²) in [6.07, 6.45) is -0.380. The number of ether oxygens (including phenoxy) is 2. The molecule has 2 atom stereocenters. The van der Waals surface area contributed by atoms with Gasteiger partial charge in [0.05, 0.1) is 29.3 Å². The summed E-state index contributed by atoms with van der Waals surface area (Å²) >= 11 is 1.30. The number of rotatable bonds is 6. The third-order valence-corrected chi connectivity index (χ3v) is 8.20. The predicted molar refractivity (Wildman–Crippen MR) is 123 cm³/mol. The summed E-state index contributed by atoms with van der Waals surface area (Å²) in [6, 6.07) is 5.78. The molecule has 10 heteroatoms. The van der Waals surface area contributed by atoms with E-state index in [1.165, 1.54) is 39.9 Å². The second-order valence-corrected chi connectivity index (χ2v) is 10.9. The van der Waals surface area contributed by atoms with Crippen LogP contribution >= 0.6 is 11.3 Å². The number of benzene rings is 1. The van der Waals surface area contributed by atoms with Gasteiger partial charge in [0.25, 0.3) is 5.91 Å². The minimum Gasteiger partial charge on any atom is -0.462 e. The van der Waals surface area contributed by atoms with Crippen molar-refractivity contribution in [3.05, 3.63) is 45.8 Å². The molecule has 0 radical (unpaired) electrons. The Labute approximate surface area is 192 Å². The predicted octanol–water partition coefficient (Wildman–Crippen LogP) is 3.59. The van der Waals surface area contributed by atoms with E-state index in [0.717, 1.165) is 10.4 Å². The van der Waals surface area contributed by atoms with Crippen molar-refractivity contribution in [3.8, 4) is 0 Å². The topological polar surface area (TPSA) is 102 Å². The molecule has 0 bridgehead atoms. The van der Waals surface area contributed by atoms with Crippen molar-refractivity contribution in [2.24, 2.45) is 0 Å². The van der Waals surface area contributed by atoms with E-state index in [2.05, 4.69) is 5.32 Å². The lowest BCUT2D eigenvalue weighted by Crippen LogP contribution is -2.48. The number of aryl methyl sites for hydroxylation is 1. The van der Waals surface area contributed by atoms with Gasteiger partial charge in [-0.15, -0.1) is 11.3 Å². The lowest BCUT2D eigenvalue weighted by molar-refractivity contribution is -0.0440. The zero-order valence-corrected chi connectivity index (χ0v) is 20.4. The van der Waals surface area contributed by atoms with Crippen molar-refractivity contribution in [2.75, 3.05) is 25.0 Å². The Morgan fingerprint density at radius 3 is 2.31 bits per heavy atom. The van der Waals surface area contributed by atoms with Crippen LogP contribution < -0.4 is 5.32 Å². The molecule has 1 fully saturated rings. The number of hydrogen-bond acceptors (Lipinski definition) is 7. The smallest absolute Gasteiger partial charge is 0.341 e. The number of carbonyl (C=O) groups is 2. The molecule has 32 heavy (non-hydrogen) atoms. The fourth-order valence-corrected chi connectivity index (χ4v) is 6.23. The highest BCUT2D eigenvalue weighted by Crippen LogP contribution is 2.33. The molecule has 1 aliphatic rings. The first-order chi connectivity index (χ1) is 15.0. The molecule has 0 aliphatic carbocycles. The molecular formula is C22H28N2O6S2. The van der Waals surface area contributed by atoms with Crippen LogP contribution in [0.3, 0.4) is 0 Å². The number of amides is 1. The van der Waals surface area contributed by atoms with Crippen LogP contribution in [0.4, 0.5) is 5.00 Å². The van der Waals surface area contributed by atoms with Gasteiger partial charge in [-0.3, -0.25) is 4.79 Å². The number of nitrogens with one attached hydrogen (secondary N) is 1. The van der Waals surface area contributed by atoms with Crippen LogP contribution in [-0.4, -0.2) is 56.5 Å². The minimum atomic E-state index is -3.69. The van der Waals surface area contributed by atoms with E-state index < -0.39 is 21.9 Å². The van der Waals surface area contributed by atoms with Crippen molar-refractivity contribution in [3.63, 3.8) is 0 Å². The fourth-order valence-electron chi connectivity index (χ4n) is 3.59. The number of anilines is 1. The molecule has 1 N–H and O–H groups in total. The molecule has 2 aromatic rings. The highest BCUT2D eigenvalue weighted by Gasteiger charge is 2.32. The number of thiophene rings is 1. The van der Waals surface area contributed by atoms with Gasteiger partial charge in [0, 0.05) is 23.5 Å². The Kier molecular flexibility index (Phi) is 7.39. The van der Waals surface area contributed by atoms with Crippen LogP contribution in [0, 0.1) is 13.8 Å². The van der Waals surface area contributed by atoms with Crippen molar-refractivity contribution in [1.82, 2.24) is 4.31 Å². The van der Waals surface area contributed by atoms with Crippen LogP contribution in [0.5, 0.6) is 0 Å². The third-order valence-electron chi connectivity index (χ3n) is 5.23. The van der Waals surface area contributed by atoms with E-state index in [9.17, 15) is 18.0 Å². The summed E-state index contributed by atoms with van der Waals surface area (Å²) in [5.41, 5.74) is 1.39. The van der Waals surface area contributed by atoms with Gasteiger partial charge in [-0.1, -0.05) is 0 Å². The van der Waals surface area contributed by atoms with E-state index >= 15 is 0 Å². The molecule has 1 amide bonds. The number of carbonyl (C=O) groups excluding carboxylic acids is 2. The van der Waals surface area contributed by atoms with Crippen molar-refractivity contribution < 1.29 is 27.5 Å². The fraction of sp³-hybridized carbons (Fsp3) is 0.455. The summed E-state index contributed by atoms with van der Waals surface area (Å²) in [7, 11) is -3.69. The van der Waals surface area contributed by atoms with Crippen LogP contribution in [0.25, 0.3) is 0 Å². The SMILES string of the molecule is CCOC(=O)c1c(NC(=O)c2ccc(S(=O)(=O)N3C[C@@H](C)O[C@H](C)C3)cc2)sc(C)c1C. The van der Waals surface area contributed by atoms with Gasteiger partial charge in [0.1, 0.15) is 5.00 Å². The average Bonchev–Trinajstić information content (AvgIpc) is 3.00. The van der Waals surface area contributed by atoms with Crippen LogP contribution in [-0.2, 0) is 19.5 Å². The molecule has 3 rings (SSSR count). The second kappa shape index (κ2) is 9.70. The lowest BCUT2D eigenvalue weighted by atomic mass is 10.1. The van der Waals surface area contributed by atoms with Gasteiger partial charge in [0.15, 0.2) is 0 Å². The summed E-state index contributed by atoms with van der Waals surface area (Å²) in [4.78, 5) is 26.1. The summed E-state index contributed by atoms with van der Waals surface area (Å²) < 4.78 is 38.1. The molecule has 8 nitrogen and oxygen atoms in total. The number of hydrogen-bond donors (Lipinski definition) is 1. The first-order valence-corrected chi connectivity index (χ1v) is 12.6. The standard InChI is InChI=1S/C22H28N2O6S2/c1-6-29-22(26)19-15(4)16(5)31-21(19)23-20(25)17-7-9-18(10-8-17)32(27,28)24-11-13(2)30-14(3)12-24/h7-10,13-14H,6,11-12H2,1-5H3,(H,23,25)/t13-,14-/m1/s1. The Morgan fingerprint density at radius 1 is 1.16 bits per heavy atom. The number of sulfonamides is 1. The Hall–Kier alpha value is -2.27. The summed E-state index contributed by atoms with van der Waals surface area (Å²) in [6.45, 7) is 9.86. The lowest BCUT2D eigenvalue weighted by Gasteiger charge is -2.34. The molecule has 1 aliphatic heterocycles. The zero-order valence-electron chi connectivity index (χ0n) is 18.8. The van der Waals surface area contributed by atoms with Crippen LogP contribution in [0.15, 0.2) is 29.2 Å². The number of nitrogens with zero attached hydrogens (tertiary/aromatic N) is 1. The average molecular weight is 481 g/mol. The highest BCUT2D eigenvalue weighted by molar-refractivity contribution is 7.89. The van der Waals surface area contributed by atoms with E-state index in [1.54, 1.807) is 13.8 Å². The van der Waals surface area contributed by atoms with Gasteiger partial charge >= 0.3 is 5.97 Å². The van der Waals surface area contributed by atoms with E-state index in [4.69, 9.17) is 9.47 Å². The molecule has 2 heterocycles. The third kappa shape index (κ3) is 5.03. The van der Waals surface area contributed by atoms with Gasteiger partial charge in [0.2, 0.25) is 10.0 Å². The molecule has 1 saturated heterocycles. The first kappa shape index (κ1) is 24.4. The van der Waals surface area contributed by atoms with E-state index in [-0.39, 0.29) is 42.4 Å². The Balaban J connectivity index is 1.79. The maximum absolute atomic E-state index is 13.0. The molecule has 1 aromatic heterocycles.